The van der Waals surface area contributed by atoms with Crippen LogP contribution in [0, 0.1) is 0 Å². The molecule has 2 aliphatic rings. The maximum absolute atomic E-state index is 12.2. The number of likely N-dealkylation sites (tertiary alicyclic amines) is 2. The van der Waals surface area contributed by atoms with Gasteiger partial charge in [-0.25, -0.2) is 4.79 Å². The highest BCUT2D eigenvalue weighted by Gasteiger charge is 2.24. The van der Waals surface area contributed by atoms with Crippen LogP contribution in [0.15, 0.2) is 0 Å². The van der Waals surface area contributed by atoms with Gasteiger partial charge in [-0.1, -0.05) is 19.3 Å². The second kappa shape index (κ2) is 10.5. The molecule has 0 radical (unpaired) electrons. The van der Waals surface area contributed by atoms with Gasteiger partial charge in [-0.05, 0) is 45.7 Å². The quantitative estimate of drug-likeness (QED) is 0.835. The van der Waals surface area contributed by atoms with Gasteiger partial charge in [-0.2, -0.15) is 0 Å². The van der Waals surface area contributed by atoms with Crippen molar-refractivity contribution in [1.29, 1.82) is 0 Å². The molecule has 0 aromatic heterocycles. The normalized spacial score (nSPS) is 21.0. The average molecular weight is 339 g/mol. The number of piperidine rings is 1. The van der Waals surface area contributed by atoms with Crippen LogP contribution in [-0.2, 0) is 9.53 Å². The Hall–Kier alpha value is -1.30. The molecule has 0 aromatic carbocycles. The Morgan fingerprint density at radius 2 is 1.62 bits per heavy atom. The van der Waals surface area contributed by atoms with Crippen molar-refractivity contribution in [3.63, 3.8) is 0 Å². The SMILES string of the molecule is CCOC(=O)N1CCC(NC(=O)CCN2CCCCCCC2)CC1. The molecule has 0 saturated carbocycles. The van der Waals surface area contributed by atoms with Crippen LogP contribution >= 0.6 is 0 Å². The number of nitrogens with zero attached hydrogens (tertiary/aromatic N) is 2. The average Bonchev–Trinajstić information content (AvgIpc) is 2.54. The predicted octanol–water partition coefficient (Wildman–Crippen LogP) is 2.38. The highest BCUT2D eigenvalue weighted by molar-refractivity contribution is 5.76. The van der Waals surface area contributed by atoms with E-state index in [-0.39, 0.29) is 18.0 Å². The molecule has 2 aliphatic heterocycles. The van der Waals surface area contributed by atoms with E-state index in [1.54, 1.807) is 4.90 Å². The Balaban J connectivity index is 1.61. The summed E-state index contributed by atoms with van der Waals surface area (Å²) in [5, 5.41) is 3.13. The Bertz CT molecular complexity index is 387. The van der Waals surface area contributed by atoms with Crippen LogP contribution in [0.25, 0.3) is 0 Å². The molecule has 2 fully saturated rings. The van der Waals surface area contributed by atoms with E-state index in [1.807, 2.05) is 6.92 Å². The number of carbonyl (C=O) groups excluding carboxylic acids is 2. The summed E-state index contributed by atoms with van der Waals surface area (Å²) in [5.41, 5.74) is 0. The number of rotatable bonds is 5. The minimum absolute atomic E-state index is 0.145. The summed E-state index contributed by atoms with van der Waals surface area (Å²) in [7, 11) is 0. The number of hydrogen-bond acceptors (Lipinski definition) is 4. The lowest BCUT2D eigenvalue weighted by Crippen LogP contribution is -2.47. The highest BCUT2D eigenvalue weighted by atomic mass is 16.6. The lowest BCUT2D eigenvalue weighted by molar-refractivity contribution is -0.122. The molecule has 0 spiro atoms. The number of amides is 2. The molecule has 0 unspecified atom stereocenters. The van der Waals surface area contributed by atoms with Crippen LogP contribution in [0.5, 0.6) is 0 Å². The second-order valence-electron chi connectivity index (χ2n) is 6.89. The molecule has 138 valence electrons. The summed E-state index contributed by atoms with van der Waals surface area (Å²) in [6, 6.07) is 0.190. The highest BCUT2D eigenvalue weighted by Crippen LogP contribution is 2.13. The third kappa shape index (κ3) is 6.67. The minimum Gasteiger partial charge on any atom is -0.450 e. The van der Waals surface area contributed by atoms with E-state index < -0.39 is 0 Å². The van der Waals surface area contributed by atoms with Gasteiger partial charge in [-0.3, -0.25) is 4.79 Å². The first-order valence-corrected chi connectivity index (χ1v) is 9.62. The molecular formula is C18H33N3O3. The third-order valence-corrected chi connectivity index (χ3v) is 4.99. The van der Waals surface area contributed by atoms with Gasteiger partial charge in [0, 0.05) is 32.1 Å². The van der Waals surface area contributed by atoms with Gasteiger partial charge in [0.1, 0.15) is 0 Å². The van der Waals surface area contributed by atoms with Crippen molar-refractivity contribution >= 4 is 12.0 Å². The first-order valence-electron chi connectivity index (χ1n) is 9.62. The molecule has 6 heteroatoms. The molecule has 0 aliphatic carbocycles. The summed E-state index contributed by atoms with van der Waals surface area (Å²) < 4.78 is 5.02. The fraction of sp³-hybridized carbons (Fsp3) is 0.889. The molecule has 2 saturated heterocycles. The van der Waals surface area contributed by atoms with Crippen molar-refractivity contribution in [2.75, 3.05) is 39.3 Å². The fourth-order valence-electron chi connectivity index (χ4n) is 3.52. The molecule has 2 amide bonds. The summed E-state index contributed by atoms with van der Waals surface area (Å²) in [6.07, 6.45) is 8.49. The van der Waals surface area contributed by atoms with Crippen LogP contribution in [0.1, 0.15) is 58.3 Å². The topological polar surface area (TPSA) is 61.9 Å². The van der Waals surface area contributed by atoms with Gasteiger partial charge in [0.2, 0.25) is 5.91 Å². The molecule has 6 nitrogen and oxygen atoms in total. The predicted molar refractivity (Wildman–Crippen MR) is 93.9 cm³/mol. The van der Waals surface area contributed by atoms with Gasteiger partial charge in [0.15, 0.2) is 0 Å². The van der Waals surface area contributed by atoms with Crippen LogP contribution in [-0.4, -0.2) is 67.2 Å². The molecule has 2 rings (SSSR count). The van der Waals surface area contributed by atoms with Crippen LogP contribution in [0.3, 0.4) is 0 Å². The van der Waals surface area contributed by atoms with E-state index in [2.05, 4.69) is 10.2 Å². The summed E-state index contributed by atoms with van der Waals surface area (Å²) in [4.78, 5) is 28.0. The zero-order valence-corrected chi connectivity index (χ0v) is 15.1. The molecule has 2 heterocycles. The molecular weight excluding hydrogens is 306 g/mol. The first kappa shape index (κ1) is 19.0. The van der Waals surface area contributed by atoms with Gasteiger partial charge >= 0.3 is 6.09 Å². The largest absolute Gasteiger partial charge is 0.450 e. The summed E-state index contributed by atoms with van der Waals surface area (Å²) in [6.45, 7) is 6.68. The van der Waals surface area contributed by atoms with E-state index in [1.165, 1.54) is 32.1 Å². The molecule has 0 atom stereocenters. The fourth-order valence-corrected chi connectivity index (χ4v) is 3.52. The molecule has 24 heavy (non-hydrogen) atoms. The van der Waals surface area contributed by atoms with E-state index in [4.69, 9.17) is 4.74 Å². The summed E-state index contributed by atoms with van der Waals surface area (Å²) >= 11 is 0. The van der Waals surface area contributed by atoms with Crippen molar-refractivity contribution in [3.05, 3.63) is 0 Å². The van der Waals surface area contributed by atoms with Crippen molar-refractivity contribution in [1.82, 2.24) is 15.1 Å². The molecule has 0 bridgehead atoms. The van der Waals surface area contributed by atoms with E-state index in [9.17, 15) is 9.59 Å². The Labute approximate surface area is 145 Å². The third-order valence-electron chi connectivity index (χ3n) is 4.99. The van der Waals surface area contributed by atoms with E-state index >= 15 is 0 Å². The number of nitrogens with one attached hydrogen (secondary N) is 1. The monoisotopic (exact) mass is 339 g/mol. The van der Waals surface area contributed by atoms with Crippen molar-refractivity contribution in [3.8, 4) is 0 Å². The molecule has 0 aromatic rings. The zero-order valence-electron chi connectivity index (χ0n) is 15.1. The van der Waals surface area contributed by atoms with Gasteiger partial charge in [-0.15, -0.1) is 0 Å². The minimum atomic E-state index is -0.237. The number of hydrogen-bond donors (Lipinski definition) is 1. The van der Waals surface area contributed by atoms with Crippen LogP contribution in [0.2, 0.25) is 0 Å². The molecule has 1 N–H and O–H groups in total. The standard InChI is InChI=1S/C18H33N3O3/c1-2-24-18(23)21-14-8-16(9-15-21)19-17(22)10-13-20-11-6-4-3-5-7-12-20/h16H,2-15H2,1H3,(H,19,22). The van der Waals surface area contributed by atoms with Crippen molar-refractivity contribution in [2.45, 2.75) is 64.3 Å². The first-order chi connectivity index (χ1) is 11.7. The lowest BCUT2D eigenvalue weighted by Gasteiger charge is -2.31. The van der Waals surface area contributed by atoms with Gasteiger partial charge in [0.25, 0.3) is 0 Å². The maximum Gasteiger partial charge on any atom is 0.409 e. The Morgan fingerprint density at radius 3 is 2.25 bits per heavy atom. The number of carbonyl (C=O) groups is 2. The van der Waals surface area contributed by atoms with E-state index in [0.29, 0.717) is 26.1 Å². The second-order valence-corrected chi connectivity index (χ2v) is 6.89. The Kier molecular flexibility index (Phi) is 8.36. The summed E-state index contributed by atoms with van der Waals surface area (Å²) in [5.74, 6) is 0.145. The van der Waals surface area contributed by atoms with Gasteiger partial charge in [0.05, 0.1) is 6.61 Å². The van der Waals surface area contributed by atoms with Crippen molar-refractivity contribution < 1.29 is 14.3 Å². The zero-order chi connectivity index (χ0) is 17.2. The van der Waals surface area contributed by atoms with Gasteiger partial charge < -0.3 is 19.9 Å². The lowest BCUT2D eigenvalue weighted by atomic mass is 10.1. The Morgan fingerprint density at radius 1 is 1.00 bits per heavy atom. The maximum atomic E-state index is 12.2. The van der Waals surface area contributed by atoms with Crippen LogP contribution < -0.4 is 5.32 Å². The van der Waals surface area contributed by atoms with Crippen molar-refractivity contribution in [2.24, 2.45) is 0 Å². The van der Waals surface area contributed by atoms with Crippen LogP contribution in [0.4, 0.5) is 4.79 Å². The number of ether oxygens (including phenoxy) is 1. The van der Waals surface area contributed by atoms with E-state index in [0.717, 1.165) is 32.5 Å². The smallest absolute Gasteiger partial charge is 0.409 e.